The van der Waals surface area contributed by atoms with E-state index in [-0.39, 0.29) is 0 Å². The van der Waals surface area contributed by atoms with Gasteiger partial charge in [-0.25, -0.2) is 0 Å². The Morgan fingerprint density at radius 1 is 1.32 bits per heavy atom. The van der Waals surface area contributed by atoms with E-state index in [0.717, 1.165) is 32.7 Å². The molecule has 1 unspecified atom stereocenters. The molecular formula is C16H26N2O. The Morgan fingerprint density at radius 3 is 2.84 bits per heavy atom. The zero-order chi connectivity index (χ0) is 13.5. The van der Waals surface area contributed by atoms with Gasteiger partial charge in [0.15, 0.2) is 0 Å². The number of piperidine rings is 1. The molecule has 0 amide bonds. The predicted molar refractivity (Wildman–Crippen MR) is 79.1 cm³/mol. The van der Waals surface area contributed by atoms with Gasteiger partial charge < -0.3 is 10.5 Å². The molecule has 1 aliphatic heterocycles. The Morgan fingerprint density at radius 2 is 2.11 bits per heavy atom. The molecule has 0 saturated carbocycles. The van der Waals surface area contributed by atoms with Crippen LogP contribution in [0.4, 0.5) is 0 Å². The summed E-state index contributed by atoms with van der Waals surface area (Å²) in [4.78, 5) is 2.51. The third kappa shape index (κ3) is 4.30. The molecule has 1 saturated heterocycles. The summed E-state index contributed by atoms with van der Waals surface area (Å²) in [7, 11) is 0. The molecule has 1 fully saturated rings. The zero-order valence-corrected chi connectivity index (χ0v) is 12.0. The smallest absolute Gasteiger partial charge is 0.0702 e. The molecule has 106 valence electrons. The summed E-state index contributed by atoms with van der Waals surface area (Å²) in [6.07, 6.45) is 3.83. The van der Waals surface area contributed by atoms with Gasteiger partial charge in [0.2, 0.25) is 0 Å². The number of hydrogen-bond acceptors (Lipinski definition) is 3. The lowest BCUT2D eigenvalue weighted by Gasteiger charge is -2.32. The van der Waals surface area contributed by atoms with Crippen LogP contribution in [0.15, 0.2) is 24.3 Å². The van der Waals surface area contributed by atoms with Gasteiger partial charge in [0, 0.05) is 19.7 Å². The molecule has 0 aliphatic carbocycles. The number of likely N-dealkylation sites (tertiary alicyclic amines) is 1. The third-order valence-electron chi connectivity index (χ3n) is 3.79. The summed E-state index contributed by atoms with van der Waals surface area (Å²) in [5, 5.41) is 0. The average molecular weight is 262 g/mol. The van der Waals surface area contributed by atoms with Crippen LogP contribution in [-0.2, 0) is 17.7 Å². The molecule has 1 aromatic carbocycles. The van der Waals surface area contributed by atoms with Crippen molar-refractivity contribution in [3.8, 4) is 0 Å². The normalized spacial score (nSPS) is 20.6. The number of hydrogen-bond donors (Lipinski definition) is 1. The molecule has 1 heterocycles. The highest BCUT2D eigenvalue weighted by atomic mass is 16.5. The lowest BCUT2D eigenvalue weighted by molar-refractivity contribution is 0.00357. The summed E-state index contributed by atoms with van der Waals surface area (Å²) in [5.74, 6) is 0. The van der Waals surface area contributed by atoms with E-state index >= 15 is 0 Å². The Balaban J connectivity index is 1.96. The SMILES string of the molecule is CCOC1CCCN(Cc2ccccc2CCN)C1. The molecular weight excluding hydrogens is 236 g/mol. The minimum atomic E-state index is 0.417. The van der Waals surface area contributed by atoms with Crippen molar-refractivity contribution >= 4 is 0 Å². The number of nitrogens with zero attached hydrogens (tertiary/aromatic N) is 1. The fourth-order valence-electron chi connectivity index (χ4n) is 2.88. The summed E-state index contributed by atoms with van der Waals surface area (Å²) in [6, 6.07) is 8.66. The average Bonchev–Trinajstić information content (AvgIpc) is 2.42. The topological polar surface area (TPSA) is 38.5 Å². The van der Waals surface area contributed by atoms with Gasteiger partial charge in [-0.1, -0.05) is 24.3 Å². The van der Waals surface area contributed by atoms with Gasteiger partial charge in [-0.2, -0.15) is 0 Å². The van der Waals surface area contributed by atoms with E-state index in [1.54, 1.807) is 0 Å². The molecule has 0 radical (unpaired) electrons. The van der Waals surface area contributed by atoms with Crippen LogP contribution in [0.25, 0.3) is 0 Å². The highest BCUT2D eigenvalue weighted by Gasteiger charge is 2.20. The Bertz CT molecular complexity index is 379. The molecule has 3 nitrogen and oxygen atoms in total. The van der Waals surface area contributed by atoms with Gasteiger partial charge in [0.1, 0.15) is 0 Å². The second-order valence-corrected chi connectivity index (χ2v) is 5.26. The van der Waals surface area contributed by atoms with Crippen molar-refractivity contribution in [3.05, 3.63) is 35.4 Å². The number of nitrogens with two attached hydrogens (primary N) is 1. The monoisotopic (exact) mass is 262 g/mol. The Hall–Kier alpha value is -0.900. The second-order valence-electron chi connectivity index (χ2n) is 5.26. The lowest BCUT2D eigenvalue weighted by atomic mass is 10.0. The molecule has 0 bridgehead atoms. The standard InChI is InChI=1S/C16H26N2O/c1-2-19-16-8-5-11-18(13-16)12-15-7-4-3-6-14(15)9-10-17/h3-4,6-7,16H,2,5,8-13,17H2,1H3. The number of ether oxygens (including phenoxy) is 1. The molecule has 0 aromatic heterocycles. The van der Waals surface area contributed by atoms with Crippen LogP contribution in [0, 0.1) is 0 Å². The maximum Gasteiger partial charge on any atom is 0.0702 e. The van der Waals surface area contributed by atoms with Crippen molar-refractivity contribution in [3.63, 3.8) is 0 Å². The van der Waals surface area contributed by atoms with E-state index < -0.39 is 0 Å². The summed E-state index contributed by atoms with van der Waals surface area (Å²) >= 11 is 0. The highest BCUT2D eigenvalue weighted by Crippen LogP contribution is 2.18. The van der Waals surface area contributed by atoms with Crippen LogP contribution in [0.2, 0.25) is 0 Å². The first kappa shape index (κ1) is 14.5. The molecule has 0 spiro atoms. The van der Waals surface area contributed by atoms with E-state index in [1.807, 2.05) is 0 Å². The fraction of sp³-hybridized carbons (Fsp3) is 0.625. The van der Waals surface area contributed by atoms with Crippen LogP contribution in [0.3, 0.4) is 0 Å². The van der Waals surface area contributed by atoms with Crippen molar-refractivity contribution in [2.75, 3.05) is 26.2 Å². The van der Waals surface area contributed by atoms with Crippen LogP contribution in [-0.4, -0.2) is 37.2 Å². The van der Waals surface area contributed by atoms with Gasteiger partial charge in [-0.3, -0.25) is 4.90 Å². The van der Waals surface area contributed by atoms with E-state index in [0.29, 0.717) is 6.10 Å². The zero-order valence-electron chi connectivity index (χ0n) is 12.0. The van der Waals surface area contributed by atoms with Crippen LogP contribution in [0.1, 0.15) is 30.9 Å². The first-order chi connectivity index (χ1) is 9.33. The maximum absolute atomic E-state index is 5.77. The van der Waals surface area contributed by atoms with E-state index in [2.05, 4.69) is 36.1 Å². The molecule has 2 N–H and O–H groups in total. The summed E-state index contributed by atoms with van der Waals surface area (Å²) in [5.41, 5.74) is 8.50. The lowest BCUT2D eigenvalue weighted by Crippen LogP contribution is -2.39. The highest BCUT2D eigenvalue weighted by molar-refractivity contribution is 5.27. The second kappa shape index (κ2) is 7.63. The van der Waals surface area contributed by atoms with Gasteiger partial charge in [-0.15, -0.1) is 0 Å². The van der Waals surface area contributed by atoms with E-state index in [4.69, 9.17) is 10.5 Å². The van der Waals surface area contributed by atoms with Gasteiger partial charge >= 0.3 is 0 Å². The Kier molecular flexibility index (Phi) is 5.83. The minimum absolute atomic E-state index is 0.417. The van der Waals surface area contributed by atoms with Crippen molar-refractivity contribution in [2.45, 2.75) is 38.8 Å². The first-order valence-corrected chi connectivity index (χ1v) is 7.44. The minimum Gasteiger partial charge on any atom is -0.377 e. The largest absolute Gasteiger partial charge is 0.377 e. The van der Waals surface area contributed by atoms with Gasteiger partial charge in [0.05, 0.1) is 6.10 Å². The van der Waals surface area contributed by atoms with E-state index in [9.17, 15) is 0 Å². The van der Waals surface area contributed by atoms with Crippen molar-refractivity contribution < 1.29 is 4.74 Å². The Labute approximate surface area is 116 Å². The first-order valence-electron chi connectivity index (χ1n) is 7.44. The molecule has 2 rings (SSSR count). The third-order valence-corrected chi connectivity index (χ3v) is 3.79. The number of rotatable bonds is 6. The fourth-order valence-corrected chi connectivity index (χ4v) is 2.88. The number of benzene rings is 1. The molecule has 19 heavy (non-hydrogen) atoms. The van der Waals surface area contributed by atoms with Gasteiger partial charge in [-0.05, 0) is 50.4 Å². The van der Waals surface area contributed by atoms with Crippen LogP contribution >= 0.6 is 0 Å². The molecule has 1 atom stereocenters. The summed E-state index contributed by atoms with van der Waals surface area (Å²) < 4.78 is 5.77. The van der Waals surface area contributed by atoms with Crippen molar-refractivity contribution in [1.82, 2.24) is 4.90 Å². The predicted octanol–water partition coefficient (Wildman–Crippen LogP) is 2.19. The van der Waals surface area contributed by atoms with Crippen LogP contribution in [0.5, 0.6) is 0 Å². The maximum atomic E-state index is 5.77. The molecule has 3 heteroatoms. The summed E-state index contributed by atoms with van der Waals surface area (Å²) in [6.45, 7) is 6.89. The van der Waals surface area contributed by atoms with Crippen molar-refractivity contribution in [2.24, 2.45) is 5.73 Å². The van der Waals surface area contributed by atoms with Crippen molar-refractivity contribution in [1.29, 1.82) is 0 Å². The molecule has 1 aliphatic rings. The quantitative estimate of drug-likeness (QED) is 0.854. The van der Waals surface area contributed by atoms with Gasteiger partial charge in [0.25, 0.3) is 0 Å². The van der Waals surface area contributed by atoms with Crippen LogP contribution < -0.4 is 5.73 Å². The molecule has 1 aromatic rings. The van der Waals surface area contributed by atoms with E-state index in [1.165, 1.54) is 30.5 Å².